The fourth-order valence-electron chi connectivity index (χ4n) is 2.44. The van der Waals surface area contributed by atoms with Gasteiger partial charge in [-0.1, -0.05) is 18.2 Å². The average molecular weight is 366 g/mol. The number of thiazole rings is 1. The highest BCUT2D eigenvalue weighted by atomic mass is 32.1. The van der Waals surface area contributed by atoms with Crippen molar-refractivity contribution in [3.8, 4) is 17.6 Å². The summed E-state index contributed by atoms with van der Waals surface area (Å²) in [6, 6.07) is 15.5. The van der Waals surface area contributed by atoms with Crippen LogP contribution in [-0.4, -0.2) is 30.4 Å². The smallest absolute Gasteiger partial charge is 0.161 e. The van der Waals surface area contributed by atoms with Gasteiger partial charge >= 0.3 is 0 Å². The second-order valence-electron chi connectivity index (χ2n) is 5.49. The van der Waals surface area contributed by atoms with E-state index in [0.717, 1.165) is 15.8 Å². The molecule has 0 bridgehead atoms. The van der Waals surface area contributed by atoms with E-state index in [9.17, 15) is 5.26 Å². The molecule has 2 aromatic carbocycles. The second-order valence-corrected chi connectivity index (χ2v) is 6.52. The van der Waals surface area contributed by atoms with E-state index < -0.39 is 0 Å². The van der Waals surface area contributed by atoms with Gasteiger partial charge in [0.05, 0.1) is 29.5 Å². The van der Waals surface area contributed by atoms with Crippen LogP contribution in [0.1, 0.15) is 17.0 Å². The summed E-state index contributed by atoms with van der Waals surface area (Å²) in [7, 11) is 1.57. The van der Waals surface area contributed by atoms with Crippen molar-refractivity contribution in [1.82, 2.24) is 4.98 Å². The number of allylic oxidation sites excluding steroid dienone is 1. The largest absolute Gasteiger partial charge is 0.493 e. The van der Waals surface area contributed by atoms with Crippen molar-refractivity contribution < 1.29 is 14.6 Å². The molecule has 0 aliphatic rings. The molecule has 0 amide bonds. The SMILES string of the molecule is COc1cc(/C=C(\C#N)c2nc3ccccc3s2)ccc1OCCCO. The topological polar surface area (TPSA) is 75.4 Å². The zero-order valence-electron chi connectivity index (χ0n) is 14.3. The number of aliphatic hydroxyl groups is 1. The van der Waals surface area contributed by atoms with Gasteiger partial charge in [-0.2, -0.15) is 5.26 Å². The number of aromatic nitrogens is 1. The van der Waals surface area contributed by atoms with E-state index in [2.05, 4.69) is 11.1 Å². The Morgan fingerprint density at radius 1 is 1.27 bits per heavy atom. The first-order valence-electron chi connectivity index (χ1n) is 8.14. The predicted molar refractivity (Wildman–Crippen MR) is 103 cm³/mol. The van der Waals surface area contributed by atoms with E-state index in [4.69, 9.17) is 14.6 Å². The first kappa shape index (κ1) is 17.9. The van der Waals surface area contributed by atoms with E-state index in [1.54, 1.807) is 19.3 Å². The van der Waals surface area contributed by atoms with Crippen LogP contribution in [-0.2, 0) is 0 Å². The lowest BCUT2D eigenvalue weighted by atomic mass is 10.1. The Bertz CT molecular complexity index is 940. The maximum atomic E-state index is 9.56. The van der Waals surface area contributed by atoms with Crippen molar-refractivity contribution in [1.29, 1.82) is 5.26 Å². The van der Waals surface area contributed by atoms with E-state index in [0.29, 0.717) is 35.1 Å². The molecule has 1 N–H and O–H groups in total. The van der Waals surface area contributed by atoms with Gasteiger partial charge < -0.3 is 14.6 Å². The number of rotatable bonds is 7. The zero-order chi connectivity index (χ0) is 18.4. The van der Waals surface area contributed by atoms with Crippen LogP contribution >= 0.6 is 11.3 Å². The standard InChI is InChI=1S/C20H18N2O3S/c1-24-18-12-14(7-8-17(18)25-10-4-9-23)11-15(13-21)20-22-16-5-2-3-6-19(16)26-20/h2-3,5-8,11-12,23H,4,9-10H2,1H3/b15-11+. The van der Waals surface area contributed by atoms with Gasteiger partial charge in [-0.3, -0.25) is 0 Å². The Balaban J connectivity index is 1.90. The van der Waals surface area contributed by atoms with E-state index in [-0.39, 0.29) is 6.61 Å². The molecule has 0 aliphatic heterocycles. The maximum Gasteiger partial charge on any atom is 0.161 e. The fourth-order valence-corrected chi connectivity index (χ4v) is 3.37. The Morgan fingerprint density at radius 2 is 2.12 bits per heavy atom. The van der Waals surface area contributed by atoms with Crippen molar-refractivity contribution in [2.24, 2.45) is 0 Å². The number of methoxy groups -OCH3 is 1. The molecule has 26 heavy (non-hydrogen) atoms. The van der Waals surface area contributed by atoms with Crippen LogP contribution in [0.4, 0.5) is 0 Å². The fraction of sp³-hybridized carbons (Fsp3) is 0.200. The number of nitriles is 1. The quantitative estimate of drug-likeness (QED) is 0.503. The third kappa shape index (κ3) is 4.02. The van der Waals surface area contributed by atoms with Crippen LogP contribution in [0.5, 0.6) is 11.5 Å². The van der Waals surface area contributed by atoms with E-state index in [1.807, 2.05) is 36.4 Å². The molecule has 0 spiro atoms. The van der Waals surface area contributed by atoms with E-state index >= 15 is 0 Å². The summed E-state index contributed by atoms with van der Waals surface area (Å²) in [5, 5.41) is 19.1. The van der Waals surface area contributed by atoms with Crippen molar-refractivity contribution in [2.45, 2.75) is 6.42 Å². The van der Waals surface area contributed by atoms with Gasteiger partial charge in [0.2, 0.25) is 0 Å². The number of nitrogens with zero attached hydrogens (tertiary/aromatic N) is 2. The molecule has 0 saturated heterocycles. The monoisotopic (exact) mass is 366 g/mol. The lowest BCUT2D eigenvalue weighted by molar-refractivity contribution is 0.228. The van der Waals surface area contributed by atoms with E-state index in [1.165, 1.54) is 11.3 Å². The van der Waals surface area contributed by atoms with Crippen LogP contribution in [0.2, 0.25) is 0 Å². The summed E-state index contributed by atoms with van der Waals surface area (Å²) in [6.07, 6.45) is 2.35. The maximum absolute atomic E-state index is 9.56. The molecule has 132 valence electrons. The summed E-state index contributed by atoms with van der Waals surface area (Å²) in [5.41, 5.74) is 2.22. The molecule has 1 heterocycles. The second kappa shape index (κ2) is 8.48. The number of benzene rings is 2. The highest BCUT2D eigenvalue weighted by molar-refractivity contribution is 7.19. The zero-order valence-corrected chi connectivity index (χ0v) is 15.1. The van der Waals surface area contributed by atoms with Crippen LogP contribution in [0.25, 0.3) is 21.9 Å². The van der Waals surface area contributed by atoms with Crippen LogP contribution in [0.3, 0.4) is 0 Å². The molecule has 0 atom stereocenters. The van der Waals surface area contributed by atoms with Crippen molar-refractivity contribution >= 4 is 33.2 Å². The summed E-state index contributed by atoms with van der Waals surface area (Å²) < 4.78 is 12.0. The van der Waals surface area contributed by atoms with Gasteiger partial charge in [-0.25, -0.2) is 4.98 Å². The van der Waals surface area contributed by atoms with Gasteiger partial charge in [-0.15, -0.1) is 11.3 Å². The van der Waals surface area contributed by atoms with Gasteiger partial charge in [0.25, 0.3) is 0 Å². The molecule has 1 aromatic heterocycles. The molecule has 0 saturated carbocycles. The van der Waals surface area contributed by atoms with Crippen molar-refractivity contribution in [2.75, 3.05) is 20.3 Å². The van der Waals surface area contributed by atoms with Crippen molar-refractivity contribution in [3.63, 3.8) is 0 Å². The number of aliphatic hydroxyl groups excluding tert-OH is 1. The van der Waals surface area contributed by atoms with Crippen LogP contribution < -0.4 is 9.47 Å². The third-order valence-electron chi connectivity index (χ3n) is 3.70. The molecular formula is C20H18N2O3S. The van der Waals surface area contributed by atoms with Gasteiger partial charge in [-0.05, 0) is 35.9 Å². The van der Waals surface area contributed by atoms with Gasteiger partial charge in [0, 0.05) is 13.0 Å². The molecule has 3 aromatic rings. The number of ether oxygens (including phenoxy) is 2. The average Bonchev–Trinajstić information content (AvgIpc) is 3.11. The normalized spacial score (nSPS) is 11.3. The van der Waals surface area contributed by atoms with Gasteiger partial charge in [0.15, 0.2) is 11.5 Å². The Morgan fingerprint density at radius 3 is 2.85 bits per heavy atom. The molecule has 3 rings (SSSR count). The minimum atomic E-state index is 0.0802. The lowest BCUT2D eigenvalue weighted by Crippen LogP contribution is -2.01. The molecule has 0 aliphatic carbocycles. The molecule has 0 unspecified atom stereocenters. The number of hydrogen-bond donors (Lipinski definition) is 1. The minimum absolute atomic E-state index is 0.0802. The van der Waals surface area contributed by atoms with Crippen molar-refractivity contribution in [3.05, 3.63) is 53.0 Å². The highest BCUT2D eigenvalue weighted by Crippen LogP contribution is 2.31. The Labute approximate surface area is 155 Å². The third-order valence-corrected chi connectivity index (χ3v) is 4.77. The summed E-state index contributed by atoms with van der Waals surface area (Å²) in [6.45, 7) is 0.494. The molecule has 0 fully saturated rings. The first-order valence-corrected chi connectivity index (χ1v) is 8.96. The number of hydrogen-bond acceptors (Lipinski definition) is 6. The number of para-hydroxylation sites is 1. The summed E-state index contributed by atoms with van der Waals surface area (Å²) in [5.74, 6) is 1.19. The Kier molecular flexibility index (Phi) is 5.84. The molecule has 0 radical (unpaired) electrons. The van der Waals surface area contributed by atoms with Crippen LogP contribution in [0.15, 0.2) is 42.5 Å². The number of fused-ring (bicyclic) bond motifs is 1. The predicted octanol–water partition coefficient (Wildman–Crippen LogP) is 4.13. The highest BCUT2D eigenvalue weighted by Gasteiger charge is 2.10. The summed E-state index contributed by atoms with van der Waals surface area (Å²) >= 11 is 1.49. The Hall–Kier alpha value is -2.88. The van der Waals surface area contributed by atoms with Crippen LogP contribution in [0, 0.1) is 11.3 Å². The molecular weight excluding hydrogens is 348 g/mol. The minimum Gasteiger partial charge on any atom is -0.493 e. The molecule has 6 heteroatoms. The lowest BCUT2D eigenvalue weighted by Gasteiger charge is -2.11. The molecule has 5 nitrogen and oxygen atoms in total. The summed E-state index contributed by atoms with van der Waals surface area (Å²) in [4.78, 5) is 4.54. The van der Waals surface area contributed by atoms with Gasteiger partial charge in [0.1, 0.15) is 11.1 Å². The first-order chi connectivity index (χ1) is 12.7.